The van der Waals surface area contributed by atoms with Gasteiger partial charge in [0.2, 0.25) is 15.9 Å². The molecule has 1 heterocycles. The van der Waals surface area contributed by atoms with Gasteiger partial charge in [-0.15, -0.1) is 0 Å². The second-order valence-electron chi connectivity index (χ2n) is 6.49. The van der Waals surface area contributed by atoms with E-state index in [1.807, 2.05) is 59.5 Å². The van der Waals surface area contributed by atoms with Gasteiger partial charge in [-0.05, 0) is 29.8 Å². The Morgan fingerprint density at radius 1 is 1.04 bits per heavy atom. The molecule has 8 heteroatoms. The molecule has 6 nitrogen and oxygen atoms in total. The number of carbonyl (C=O) groups is 1. The minimum absolute atomic E-state index is 0.113. The van der Waals surface area contributed by atoms with Crippen molar-refractivity contribution in [2.75, 3.05) is 38.0 Å². The van der Waals surface area contributed by atoms with Crippen molar-refractivity contribution in [2.45, 2.75) is 0 Å². The van der Waals surface area contributed by atoms with Crippen LogP contribution >= 0.6 is 15.9 Å². The molecule has 3 rings (SSSR count). The van der Waals surface area contributed by atoms with E-state index in [0.29, 0.717) is 26.2 Å². The van der Waals surface area contributed by atoms with E-state index in [1.54, 1.807) is 6.08 Å². The molecule has 0 saturated carbocycles. The zero-order chi connectivity index (χ0) is 20.0. The van der Waals surface area contributed by atoms with Gasteiger partial charge in [0.05, 0.1) is 6.54 Å². The van der Waals surface area contributed by atoms with Gasteiger partial charge in [-0.25, -0.2) is 8.42 Å². The van der Waals surface area contributed by atoms with Crippen LogP contribution in [0.3, 0.4) is 0 Å². The Morgan fingerprint density at radius 2 is 1.75 bits per heavy atom. The molecule has 0 aliphatic carbocycles. The number of benzene rings is 2. The molecule has 1 fully saturated rings. The zero-order valence-corrected chi connectivity index (χ0v) is 17.7. The van der Waals surface area contributed by atoms with Crippen molar-refractivity contribution in [3.05, 3.63) is 70.0 Å². The minimum atomic E-state index is -3.47. The molecule has 1 aliphatic heterocycles. The number of amides is 1. The Kier molecular flexibility index (Phi) is 7.01. The summed E-state index contributed by atoms with van der Waals surface area (Å²) in [4.78, 5) is 14.2. The van der Waals surface area contributed by atoms with E-state index in [4.69, 9.17) is 0 Å². The number of carbonyl (C=O) groups excluding carboxylic acids is 1. The predicted octanol–water partition coefficient (Wildman–Crippen LogP) is 3.01. The molecule has 0 unspecified atom stereocenters. The topological polar surface area (TPSA) is 69.7 Å². The highest BCUT2D eigenvalue weighted by Crippen LogP contribution is 2.16. The highest BCUT2D eigenvalue weighted by atomic mass is 79.9. The number of nitrogens with one attached hydrogen (secondary N) is 1. The predicted molar refractivity (Wildman–Crippen MR) is 115 cm³/mol. The number of sulfonamides is 1. The third-order valence-electron chi connectivity index (χ3n) is 4.40. The number of hydrogen-bond acceptors (Lipinski definition) is 4. The van der Waals surface area contributed by atoms with Gasteiger partial charge in [0.1, 0.15) is 0 Å². The fourth-order valence-corrected chi connectivity index (χ4v) is 4.50. The summed E-state index contributed by atoms with van der Waals surface area (Å²) in [5.41, 5.74) is 1.57. The Hall–Kier alpha value is -2.00. The Morgan fingerprint density at radius 3 is 2.43 bits per heavy atom. The van der Waals surface area contributed by atoms with Crippen LogP contribution in [0, 0.1) is 0 Å². The SMILES string of the molecule is O=C(CN1CCN(S(=O)(=O)/C=C/c2ccccc2)CC1)Nc1cccc(Br)c1. The van der Waals surface area contributed by atoms with Gasteiger partial charge in [0, 0.05) is 41.7 Å². The van der Waals surface area contributed by atoms with Crippen LogP contribution in [-0.2, 0) is 14.8 Å². The average Bonchev–Trinajstić information content (AvgIpc) is 2.68. The van der Waals surface area contributed by atoms with Crippen LogP contribution in [0.1, 0.15) is 5.56 Å². The first kappa shape index (κ1) is 20.7. The summed E-state index contributed by atoms with van der Waals surface area (Å²) in [7, 11) is -3.47. The lowest BCUT2D eigenvalue weighted by atomic mass is 10.2. The number of nitrogens with zero attached hydrogens (tertiary/aromatic N) is 2. The first-order valence-corrected chi connectivity index (χ1v) is 11.2. The average molecular weight is 464 g/mol. The van der Waals surface area contributed by atoms with Crippen molar-refractivity contribution in [1.29, 1.82) is 0 Å². The van der Waals surface area contributed by atoms with E-state index in [1.165, 1.54) is 9.71 Å². The van der Waals surface area contributed by atoms with Crippen LogP contribution in [-0.4, -0.2) is 56.3 Å². The quantitative estimate of drug-likeness (QED) is 0.714. The summed E-state index contributed by atoms with van der Waals surface area (Å²) in [5.74, 6) is -0.113. The summed E-state index contributed by atoms with van der Waals surface area (Å²) >= 11 is 3.37. The number of halogens is 1. The van der Waals surface area contributed by atoms with E-state index in [0.717, 1.165) is 15.7 Å². The summed E-state index contributed by atoms with van der Waals surface area (Å²) in [5, 5.41) is 4.10. The third-order valence-corrected chi connectivity index (χ3v) is 6.46. The Balaban J connectivity index is 1.49. The molecule has 1 aliphatic rings. The van der Waals surface area contributed by atoms with Crippen LogP contribution in [0.4, 0.5) is 5.69 Å². The fourth-order valence-electron chi connectivity index (χ4n) is 2.93. The lowest BCUT2D eigenvalue weighted by Gasteiger charge is -2.32. The van der Waals surface area contributed by atoms with Crippen molar-refractivity contribution in [3.8, 4) is 0 Å². The minimum Gasteiger partial charge on any atom is -0.325 e. The first-order valence-electron chi connectivity index (χ1n) is 8.93. The molecule has 2 aromatic rings. The van der Waals surface area contributed by atoms with Gasteiger partial charge >= 0.3 is 0 Å². The van der Waals surface area contributed by atoms with Crippen LogP contribution in [0.5, 0.6) is 0 Å². The summed E-state index contributed by atoms with van der Waals surface area (Å²) < 4.78 is 27.3. The van der Waals surface area contributed by atoms with Crippen LogP contribution in [0.2, 0.25) is 0 Å². The summed E-state index contributed by atoms with van der Waals surface area (Å²) in [6.07, 6.45) is 1.60. The molecule has 0 bridgehead atoms. The van der Waals surface area contributed by atoms with Crippen molar-refractivity contribution in [3.63, 3.8) is 0 Å². The molecule has 0 atom stereocenters. The number of rotatable bonds is 6. The molecular formula is C20H22BrN3O3S. The van der Waals surface area contributed by atoms with Crippen LogP contribution in [0.25, 0.3) is 6.08 Å². The largest absolute Gasteiger partial charge is 0.325 e. The Bertz CT molecular complexity index is 940. The summed E-state index contributed by atoms with van der Waals surface area (Å²) in [6, 6.07) is 16.7. The molecule has 1 N–H and O–H groups in total. The molecule has 1 amide bonds. The second-order valence-corrected chi connectivity index (χ2v) is 9.23. The van der Waals surface area contributed by atoms with Gasteiger partial charge < -0.3 is 5.32 Å². The monoisotopic (exact) mass is 463 g/mol. The highest BCUT2D eigenvalue weighted by Gasteiger charge is 2.25. The molecule has 0 aromatic heterocycles. The van der Waals surface area contributed by atoms with E-state index in [-0.39, 0.29) is 12.5 Å². The lowest BCUT2D eigenvalue weighted by molar-refractivity contribution is -0.117. The number of piperazine rings is 1. The highest BCUT2D eigenvalue weighted by molar-refractivity contribution is 9.10. The van der Waals surface area contributed by atoms with Crippen molar-refractivity contribution >= 4 is 43.6 Å². The molecule has 28 heavy (non-hydrogen) atoms. The van der Waals surface area contributed by atoms with Gasteiger partial charge in [0.25, 0.3) is 0 Å². The maximum Gasteiger partial charge on any atom is 0.238 e. The molecule has 0 radical (unpaired) electrons. The maximum atomic E-state index is 12.5. The van der Waals surface area contributed by atoms with Gasteiger partial charge in [-0.1, -0.05) is 52.3 Å². The lowest BCUT2D eigenvalue weighted by Crippen LogP contribution is -2.49. The van der Waals surface area contributed by atoms with Gasteiger partial charge in [0.15, 0.2) is 0 Å². The zero-order valence-electron chi connectivity index (χ0n) is 15.3. The van der Waals surface area contributed by atoms with Crippen molar-refractivity contribution in [2.24, 2.45) is 0 Å². The molecular weight excluding hydrogens is 442 g/mol. The normalized spacial score (nSPS) is 16.3. The van der Waals surface area contributed by atoms with E-state index < -0.39 is 10.0 Å². The van der Waals surface area contributed by atoms with Crippen LogP contribution < -0.4 is 5.32 Å². The Labute approximate surface area is 174 Å². The molecule has 0 spiro atoms. The third kappa shape index (κ3) is 6.00. The van der Waals surface area contributed by atoms with Crippen LogP contribution in [0.15, 0.2) is 64.5 Å². The van der Waals surface area contributed by atoms with Crippen molar-refractivity contribution in [1.82, 2.24) is 9.21 Å². The van der Waals surface area contributed by atoms with E-state index >= 15 is 0 Å². The molecule has 148 valence electrons. The smallest absolute Gasteiger partial charge is 0.238 e. The molecule has 1 saturated heterocycles. The molecule has 2 aromatic carbocycles. The van der Waals surface area contributed by atoms with Gasteiger partial charge in [-0.2, -0.15) is 4.31 Å². The standard InChI is InChI=1S/C20H22BrN3O3S/c21-18-7-4-8-19(15-18)22-20(25)16-23-10-12-24(13-11-23)28(26,27)14-9-17-5-2-1-3-6-17/h1-9,14-15H,10-13,16H2,(H,22,25)/b14-9+. The first-order chi connectivity index (χ1) is 13.4. The van der Waals surface area contributed by atoms with E-state index in [9.17, 15) is 13.2 Å². The van der Waals surface area contributed by atoms with Gasteiger partial charge in [-0.3, -0.25) is 9.69 Å². The number of anilines is 1. The van der Waals surface area contributed by atoms with E-state index in [2.05, 4.69) is 21.2 Å². The van der Waals surface area contributed by atoms with Crippen molar-refractivity contribution < 1.29 is 13.2 Å². The second kappa shape index (κ2) is 9.47. The number of hydrogen-bond donors (Lipinski definition) is 1. The summed E-state index contributed by atoms with van der Waals surface area (Å²) in [6.45, 7) is 2.01. The maximum absolute atomic E-state index is 12.5. The fraction of sp³-hybridized carbons (Fsp3) is 0.250.